The van der Waals surface area contributed by atoms with Crippen molar-refractivity contribution < 1.29 is 14.6 Å². The van der Waals surface area contributed by atoms with Gasteiger partial charge < -0.3 is 14.7 Å². The van der Waals surface area contributed by atoms with Crippen LogP contribution in [0.15, 0.2) is 60.7 Å². The fourth-order valence-electron chi connectivity index (χ4n) is 2.93. The normalized spacial score (nSPS) is 17.7. The third-order valence-corrected chi connectivity index (χ3v) is 4.57. The van der Waals surface area contributed by atoms with Gasteiger partial charge in [-0.2, -0.15) is 0 Å². The molecule has 2 unspecified atom stereocenters. The summed E-state index contributed by atoms with van der Waals surface area (Å²) in [7, 11) is 0. The highest BCUT2D eigenvalue weighted by Gasteiger charge is 2.30. The molecule has 2 aromatic rings. The van der Waals surface area contributed by atoms with Crippen LogP contribution in [-0.2, 0) is 4.74 Å². The van der Waals surface area contributed by atoms with Gasteiger partial charge in [0.1, 0.15) is 6.10 Å². The summed E-state index contributed by atoms with van der Waals surface area (Å²) in [4.78, 5) is 13.9. The van der Waals surface area contributed by atoms with Crippen LogP contribution < -0.4 is 0 Å². The van der Waals surface area contributed by atoms with Crippen molar-refractivity contribution in [2.75, 3.05) is 13.2 Å². The maximum atomic E-state index is 12.1. The van der Waals surface area contributed by atoms with Gasteiger partial charge in [0.05, 0.1) is 6.04 Å². The van der Waals surface area contributed by atoms with E-state index in [2.05, 4.69) is 31.2 Å². The Morgan fingerprint density at radius 1 is 1.12 bits per heavy atom. The molecule has 1 aliphatic rings. The van der Waals surface area contributed by atoms with E-state index >= 15 is 0 Å². The van der Waals surface area contributed by atoms with Gasteiger partial charge in [-0.25, -0.2) is 4.79 Å². The fourth-order valence-corrected chi connectivity index (χ4v) is 2.93. The number of nitrogens with zero attached hydrogens (tertiary/aromatic N) is 1. The third-order valence-electron chi connectivity index (χ3n) is 4.57. The van der Waals surface area contributed by atoms with Gasteiger partial charge in [-0.15, -0.1) is 0 Å². The lowest BCUT2D eigenvalue weighted by molar-refractivity contribution is 0.00760. The van der Waals surface area contributed by atoms with Crippen LogP contribution in [0.5, 0.6) is 0 Å². The molecule has 0 saturated carbocycles. The molecule has 4 heteroatoms. The summed E-state index contributed by atoms with van der Waals surface area (Å²) in [5, 5.41) is 8.82. The fraction of sp³-hybridized carbons (Fsp3) is 0.409. The van der Waals surface area contributed by atoms with Crippen molar-refractivity contribution in [1.82, 2.24) is 4.90 Å². The second-order valence-electron chi connectivity index (χ2n) is 6.60. The maximum absolute atomic E-state index is 12.1. The lowest BCUT2D eigenvalue weighted by Gasteiger charge is -2.35. The van der Waals surface area contributed by atoms with E-state index in [1.54, 1.807) is 4.90 Å². The van der Waals surface area contributed by atoms with E-state index in [1.807, 2.05) is 43.3 Å². The summed E-state index contributed by atoms with van der Waals surface area (Å²) in [5.74, 6) is 0. The van der Waals surface area contributed by atoms with E-state index in [1.165, 1.54) is 5.56 Å². The van der Waals surface area contributed by atoms with Gasteiger partial charge in [-0.3, -0.25) is 0 Å². The zero-order chi connectivity index (χ0) is 18.8. The Morgan fingerprint density at radius 3 is 2.19 bits per heavy atom. The van der Waals surface area contributed by atoms with Gasteiger partial charge in [0.25, 0.3) is 0 Å². The summed E-state index contributed by atoms with van der Waals surface area (Å²) in [6.07, 6.45) is 1.98. The summed E-state index contributed by atoms with van der Waals surface area (Å²) in [6.45, 7) is 4.94. The van der Waals surface area contributed by atoms with Crippen LogP contribution in [0.4, 0.5) is 4.79 Å². The first kappa shape index (κ1) is 20.0. The highest BCUT2D eigenvalue weighted by molar-refractivity contribution is 5.69. The van der Waals surface area contributed by atoms with Gasteiger partial charge in [0.15, 0.2) is 0 Å². The number of carbonyl (C=O) groups is 1. The zero-order valence-electron chi connectivity index (χ0n) is 15.7. The molecule has 0 bridgehead atoms. The minimum absolute atomic E-state index is 0.0295. The molecule has 2 atom stereocenters. The summed E-state index contributed by atoms with van der Waals surface area (Å²) in [6, 6.07) is 20.3. The Kier molecular flexibility index (Phi) is 8.16. The molecule has 3 rings (SSSR count). The van der Waals surface area contributed by atoms with E-state index in [0.717, 1.165) is 18.4 Å². The van der Waals surface area contributed by atoms with Gasteiger partial charge >= 0.3 is 6.09 Å². The van der Waals surface area contributed by atoms with Gasteiger partial charge in [-0.05, 0) is 32.3 Å². The average molecular weight is 355 g/mol. The van der Waals surface area contributed by atoms with Crippen LogP contribution in [0.1, 0.15) is 43.4 Å². The lowest BCUT2D eigenvalue weighted by Crippen LogP contribution is -2.43. The average Bonchev–Trinajstić information content (AvgIpc) is 2.68. The molecule has 2 aromatic carbocycles. The maximum Gasteiger partial charge on any atom is 0.410 e. The van der Waals surface area contributed by atoms with Crippen LogP contribution in [0.25, 0.3) is 0 Å². The molecule has 1 heterocycles. The van der Waals surface area contributed by atoms with Crippen molar-refractivity contribution >= 4 is 6.09 Å². The molecule has 140 valence electrons. The Labute approximate surface area is 156 Å². The Morgan fingerprint density at radius 2 is 1.69 bits per heavy atom. The minimum atomic E-state index is -0.243. The van der Waals surface area contributed by atoms with E-state index in [0.29, 0.717) is 13.0 Å². The zero-order valence-corrected chi connectivity index (χ0v) is 15.7. The van der Waals surface area contributed by atoms with E-state index in [9.17, 15) is 4.79 Å². The SMILES string of the molecule is Cc1ccc(C(C)N2CCC(CCCO)OC2=O)cc1.c1ccccc1. The summed E-state index contributed by atoms with van der Waals surface area (Å²) in [5.41, 5.74) is 2.34. The first-order valence-corrected chi connectivity index (χ1v) is 9.26. The van der Waals surface area contributed by atoms with Crippen molar-refractivity contribution in [3.8, 4) is 0 Å². The van der Waals surface area contributed by atoms with Crippen LogP contribution in [0, 0.1) is 6.92 Å². The Hall–Kier alpha value is -2.33. The summed E-state index contributed by atoms with van der Waals surface area (Å²) < 4.78 is 5.44. The number of hydrogen-bond donors (Lipinski definition) is 1. The van der Waals surface area contributed by atoms with Crippen LogP contribution in [-0.4, -0.2) is 35.4 Å². The second kappa shape index (κ2) is 10.6. The number of benzene rings is 2. The number of hydrogen-bond acceptors (Lipinski definition) is 3. The molecule has 1 fully saturated rings. The Balaban J connectivity index is 0.000000342. The monoisotopic (exact) mass is 355 g/mol. The molecule has 26 heavy (non-hydrogen) atoms. The molecule has 4 nitrogen and oxygen atoms in total. The molecule has 0 spiro atoms. The molecular formula is C22H29NO3. The van der Waals surface area contributed by atoms with Crippen molar-refractivity contribution in [3.63, 3.8) is 0 Å². The molecule has 1 saturated heterocycles. The van der Waals surface area contributed by atoms with Crippen LogP contribution >= 0.6 is 0 Å². The standard InChI is InChI=1S/C16H23NO3.C6H6/c1-12-5-7-14(8-6-12)13(2)17-10-9-15(4-3-11-18)20-16(17)19;1-2-4-6-5-3-1/h5-8,13,15,18H,3-4,9-11H2,1-2H3;1-6H. The van der Waals surface area contributed by atoms with E-state index < -0.39 is 0 Å². The van der Waals surface area contributed by atoms with Crippen LogP contribution in [0.3, 0.4) is 0 Å². The van der Waals surface area contributed by atoms with Gasteiger partial charge in [-0.1, -0.05) is 66.2 Å². The van der Waals surface area contributed by atoms with E-state index in [4.69, 9.17) is 9.84 Å². The second-order valence-corrected chi connectivity index (χ2v) is 6.60. The molecule has 0 aromatic heterocycles. The smallest absolute Gasteiger partial charge is 0.410 e. The van der Waals surface area contributed by atoms with E-state index in [-0.39, 0.29) is 24.8 Å². The molecule has 1 amide bonds. The number of aliphatic hydroxyl groups excluding tert-OH is 1. The quantitative estimate of drug-likeness (QED) is 0.844. The number of carbonyl (C=O) groups excluding carboxylic acids is 1. The topological polar surface area (TPSA) is 49.8 Å². The van der Waals surface area contributed by atoms with Crippen molar-refractivity contribution in [1.29, 1.82) is 0 Å². The number of ether oxygens (including phenoxy) is 1. The first-order chi connectivity index (χ1) is 12.6. The number of cyclic esters (lactones) is 1. The minimum Gasteiger partial charge on any atom is -0.446 e. The Bertz CT molecular complexity index is 615. The van der Waals surface area contributed by atoms with Crippen molar-refractivity contribution in [3.05, 3.63) is 71.8 Å². The highest BCUT2D eigenvalue weighted by Crippen LogP contribution is 2.26. The molecule has 0 aliphatic carbocycles. The van der Waals surface area contributed by atoms with Crippen molar-refractivity contribution in [2.45, 2.75) is 45.3 Å². The number of rotatable bonds is 5. The predicted octanol–water partition coefficient (Wildman–Crippen LogP) is 4.73. The molecule has 1 aliphatic heterocycles. The number of amides is 1. The molecule has 0 radical (unpaired) electrons. The number of aryl methyl sites for hydroxylation is 1. The third kappa shape index (κ3) is 6.19. The number of aliphatic hydroxyl groups is 1. The van der Waals surface area contributed by atoms with Gasteiger partial charge in [0, 0.05) is 19.6 Å². The first-order valence-electron chi connectivity index (χ1n) is 9.26. The molecule has 1 N–H and O–H groups in total. The summed E-state index contributed by atoms with van der Waals surface area (Å²) >= 11 is 0. The van der Waals surface area contributed by atoms with Crippen molar-refractivity contribution in [2.24, 2.45) is 0 Å². The van der Waals surface area contributed by atoms with Crippen LogP contribution in [0.2, 0.25) is 0 Å². The highest BCUT2D eigenvalue weighted by atomic mass is 16.6. The largest absolute Gasteiger partial charge is 0.446 e. The van der Waals surface area contributed by atoms with Gasteiger partial charge in [0.2, 0.25) is 0 Å². The predicted molar refractivity (Wildman–Crippen MR) is 104 cm³/mol. The lowest BCUT2D eigenvalue weighted by atomic mass is 10.0. The molecular weight excluding hydrogens is 326 g/mol.